The van der Waals surface area contributed by atoms with Crippen LogP contribution in [-0.4, -0.2) is 33.0 Å². The summed E-state index contributed by atoms with van der Waals surface area (Å²) in [7, 11) is 0. The summed E-state index contributed by atoms with van der Waals surface area (Å²) in [5.74, 6) is -1.74. The predicted octanol–water partition coefficient (Wildman–Crippen LogP) is 1.67. The molecule has 7 nitrogen and oxygen atoms in total. The third kappa shape index (κ3) is 4.28. The molecule has 24 heavy (non-hydrogen) atoms. The van der Waals surface area contributed by atoms with E-state index in [4.69, 9.17) is 0 Å². The number of carboxylic acids is 1. The number of hydrogen-bond acceptors (Lipinski definition) is 4. The predicted molar refractivity (Wildman–Crippen MR) is 88.6 cm³/mol. The van der Waals surface area contributed by atoms with Crippen LogP contribution in [0.3, 0.4) is 0 Å². The normalized spacial score (nSPS) is 12.0. The summed E-state index contributed by atoms with van der Waals surface area (Å²) in [5, 5.41) is 11.6. The lowest BCUT2D eigenvalue weighted by atomic mass is 10.0. The zero-order chi connectivity index (χ0) is 17.7. The molecule has 0 aliphatic rings. The molecule has 0 aliphatic heterocycles. The Morgan fingerprint density at radius 2 is 2.00 bits per heavy atom. The molecule has 2 aromatic heterocycles. The van der Waals surface area contributed by atoms with Crippen molar-refractivity contribution in [3.63, 3.8) is 0 Å². The van der Waals surface area contributed by atoms with Gasteiger partial charge in [-0.3, -0.25) is 14.6 Å². The standard InChI is InChI=1S/C17H19N3O4/c1-10(2)9-14(17(23)24)20-16(22)11-6-7-13(19-15(11)21)12-5-3-4-8-18-12/h3-8,10,14H,9H2,1-2H3,(H,19,21)(H,20,22)(H,23,24). The molecule has 3 N–H and O–H groups in total. The summed E-state index contributed by atoms with van der Waals surface area (Å²) in [6, 6.07) is 7.17. The number of carbonyl (C=O) groups excluding carboxylic acids is 1. The third-order valence-electron chi connectivity index (χ3n) is 3.41. The van der Waals surface area contributed by atoms with Crippen molar-refractivity contribution < 1.29 is 14.7 Å². The average molecular weight is 329 g/mol. The van der Waals surface area contributed by atoms with Gasteiger partial charge in [-0.1, -0.05) is 19.9 Å². The van der Waals surface area contributed by atoms with Crippen molar-refractivity contribution in [3.8, 4) is 11.4 Å². The Kier molecular flexibility index (Phi) is 5.47. The highest BCUT2D eigenvalue weighted by atomic mass is 16.4. The molecule has 0 fully saturated rings. The van der Waals surface area contributed by atoms with Crippen molar-refractivity contribution in [2.24, 2.45) is 5.92 Å². The van der Waals surface area contributed by atoms with E-state index in [2.05, 4.69) is 15.3 Å². The fourth-order valence-corrected chi connectivity index (χ4v) is 2.25. The van der Waals surface area contributed by atoms with Gasteiger partial charge < -0.3 is 15.4 Å². The summed E-state index contributed by atoms with van der Waals surface area (Å²) < 4.78 is 0. The molecule has 1 unspecified atom stereocenters. The van der Waals surface area contributed by atoms with Crippen LogP contribution in [0.5, 0.6) is 0 Å². The van der Waals surface area contributed by atoms with Crippen LogP contribution >= 0.6 is 0 Å². The average Bonchev–Trinajstić information content (AvgIpc) is 2.54. The van der Waals surface area contributed by atoms with E-state index in [9.17, 15) is 19.5 Å². The van der Waals surface area contributed by atoms with Crippen LogP contribution < -0.4 is 10.9 Å². The Labute approximate surface area is 138 Å². The molecule has 7 heteroatoms. The summed E-state index contributed by atoms with van der Waals surface area (Å²) in [6.07, 6.45) is 1.88. The first kappa shape index (κ1) is 17.4. The molecule has 1 amide bonds. The topological polar surface area (TPSA) is 112 Å². The zero-order valence-electron chi connectivity index (χ0n) is 13.4. The molecule has 0 saturated heterocycles. The van der Waals surface area contributed by atoms with E-state index in [-0.39, 0.29) is 17.9 Å². The largest absolute Gasteiger partial charge is 0.480 e. The molecule has 2 rings (SSSR count). The number of carbonyl (C=O) groups is 2. The van der Waals surface area contributed by atoms with Gasteiger partial charge in [0.15, 0.2) is 0 Å². The number of rotatable bonds is 6. The van der Waals surface area contributed by atoms with Crippen molar-refractivity contribution >= 4 is 11.9 Å². The number of nitrogens with zero attached hydrogens (tertiary/aromatic N) is 1. The summed E-state index contributed by atoms with van der Waals surface area (Å²) in [5.41, 5.74) is 0.327. The maximum Gasteiger partial charge on any atom is 0.326 e. The lowest BCUT2D eigenvalue weighted by molar-refractivity contribution is -0.139. The van der Waals surface area contributed by atoms with Gasteiger partial charge in [0, 0.05) is 6.20 Å². The Hall–Kier alpha value is -2.96. The monoisotopic (exact) mass is 329 g/mol. The number of aliphatic carboxylic acids is 1. The van der Waals surface area contributed by atoms with E-state index >= 15 is 0 Å². The van der Waals surface area contributed by atoms with Crippen molar-refractivity contribution in [2.75, 3.05) is 0 Å². The number of carboxylic acid groups (broad SMARTS) is 1. The minimum absolute atomic E-state index is 0.0937. The maximum absolute atomic E-state index is 12.2. The molecule has 0 radical (unpaired) electrons. The van der Waals surface area contributed by atoms with Gasteiger partial charge in [0.05, 0.1) is 11.4 Å². The van der Waals surface area contributed by atoms with E-state index in [1.165, 1.54) is 6.07 Å². The SMILES string of the molecule is CC(C)CC(NC(=O)c1ccc(-c2ccccn2)[nH]c1=O)C(=O)O. The van der Waals surface area contributed by atoms with E-state index in [1.807, 2.05) is 13.8 Å². The first-order chi connectivity index (χ1) is 11.4. The smallest absolute Gasteiger partial charge is 0.326 e. The Morgan fingerprint density at radius 3 is 2.54 bits per heavy atom. The molecule has 2 heterocycles. The van der Waals surface area contributed by atoms with Gasteiger partial charge in [-0.05, 0) is 36.6 Å². The molecule has 0 aliphatic carbocycles. The zero-order valence-corrected chi connectivity index (χ0v) is 13.4. The van der Waals surface area contributed by atoms with Gasteiger partial charge >= 0.3 is 5.97 Å². The number of H-pyrrole nitrogens is 1. The highest BCUT2D eigenvalue weighted by Gasteiger charge is 2.23. The number of amides is 1. The highest BCUT2D eigenvalue weighted by molar-refractivity contribution is 5.96. The van der Waals surface area contributed by atoms with E-state index in [0.717, 1.165) is 0 Å². The molecule has 126 valence electrons. The van der Waals surface area contributed by atoms with Crippen LogP contribution in [0.4, 0.5) is 0 Å². The molecule has 2 aromatic rings. The van der Waals surface area contributed by atoms with Crippen LogP contribution in [0.2, 0.25) is 0 Å². The molecular weight excluding hydrogens is 310 g/mol. The van der Waals surface area contributed by atoms with Crippen molar-refractivity contribution in [2.45, 2.75) is 26.3 Å². The maximum atomic E-state index is 12.2. The van der Waals surface area contributed by atoms with E-state index < -0.39 is 23.5 Å². The van der Waals surface area contributed by atoms with Crippen LogP contribution in [0, 0.1) is 5.92 Å². The summed E-state index contributed by atoms with van der Waals surface area (Å²) in [4.78, 5) is 42.3. The molecule has 0 aromatic carbocycles. The number of aromatic amines is 1. The third-order valence-corrected chi connectivity index (χ3v) is 3.41. The van der Waals surface area contributed by atoms with Crippen LogP contribution in [0.15, 0.2) is 41.3 Å². The van der Waals surface area contributed by atoms with Gasteiger partial charge in [-0.25, -0.2) is 4.79 Å². The van der Waals surface area contributed by atoms with Crippen LogP contribution in [-0.2, 0) is 4.79 Å². The molecule has 1 atom stereocenters. The number of hydrogen-bond donors (Lipinski definition) is 3. The second kappa shape index (κ2) is 7.54. The number of aromatic nitrogens is 2. The highest BCUT2D eigenvalue weighted by Crippen LogP contribution is 2.12. The van der Waals surface area contributed by atoms with Gasteiger partial charge in [0.25, 0.3) is 11.5 Å². The van der Waals surface area contributed by atoms with Crippen LogP contribution in [0.25, 0.3) is 11.4 Å². The first-order valence-electron chi connectivity index (χ1n) is 7.57. The first-order valence-corrected chi connectivity index (χ1v) is 7.57. The second-order valence-corrected chi connectivity index (χ2v) is 5.82. The van der Waals surface area contributed by atoms with Crippen molar-refractivity contribution in [3.05, 3.63) is 52.4 Å². The fraction of sp³-hybridized carbons (Fsp3) is 0.294. The van der Waals surface area contributed by atoms with Gasteiger partial charge in [0.2, 0.25) is 0 Å². The molecule has 0 saturated carbocycles. The molecule has 0 spiro atoms. The van der Waals surface area contributed by atoms with Crippen LogP contribution in [0.1, 0.15) is 30.6 Å². The van der Waals surface area contributed by atoms with Crippen molar-refractivity contribution in [1.82, 2.24) is 15.3 Å². The van der Waals surface area contributed by atoms with Gasteiger partial charge in [-0.2, -0.15) is 0 Å². The summed E-state index contributed by atoms with van der Waals surface area (Å²) >= 11 is 0. The van der Waals surface area contributed by atoms with Crippen molar-refractivity contribution in [1.29, 1.82) is 0 Å². The quantitative estimate of drug-likeness (QED) is 0.746. The fourth-order valence-electron chi connectivity index (χ4n) is 2.25. The number of nitrogens with one attached hydrogen (secondary N) is 2. The Balaban J connectivity index is 2.21. The molecule has 0 bridgehead atoms. The number of pyridine rings is 2. The summed E-state index contributed by atoms with van der Waals surface area (Å²) in [6.45, 7) is 3.72. The lowest BCUT2D eigenvalue weighted by Gasteiger charge is -2.16. The second-order valence-electron chi connectivity index (χ2n) is 5.82. The molecular formula is C17H19N3O4. The van der Waals surface area contributed by atoms with Gasteiger partial charge in [0.1, 0.15) is 11.6 Å². The lowest BCUT2D eigenvalue weighted by Crippen LogP contribution is -2.43. The van der Waals surface area contributed by atoms with E-state index in [0.29, 0.717) is 11.4 Å². The Bertz CT molecular complexity index is 784. The van der Waals surface area contributed by atoms with E-state index in [1.54, 1.807) is 30.5 Å². The minimum atomic E-state index is -1.13. The van der Waals surface area contributed by atoms with Gasteiger partial charge in [-0.15, -0.1) is 0 Å². The Morgan fingerprint density at radius 1 is 1.25 bits per heavy atom. The minimum Gasteiger partial charge on any atom is -0.480 e.